The molecule has 4 nitrogen and oxygen atoms in total. The molecule has 1 amide bonds. The van der Waals surface area contributed by atoms with Gasteiger partial charge in [0.2, 0.25) is 5.91 Å². The number of carbonyl (C=O) groups is 1. The summed E-state index contributed by atoms with van der Waals surface area (Å²) in [5, 5.41) is 3.18. The van der Waals surface area contributed by atoms with Gasteiger partial charge in [0.25, 0.3) is 0 Å². The van der Waals surface area contributed by atoms with Crippen molar-refractivity contribution in [1.82, 2.24) is 10.2 Å². The zero-order chi connectivity index (χ0) is 16.7. The fourth-order valence-electron chi connectivity index (χ4n) is 3.60. The Balaban J connectivity index is 0.00000288. The van der Waals surface area contributed by atoms with Gasteiger partial charge in [0.15, 0.2) is 0 Å². The third-order valence-corrected chi connectivity index (χ3v) is 4.99. The van der Waals surface area contributed by atoms with Crippen LogP contribution < -0.4 is 11.1 Å². The predicted octanol–water partition coefficient (Wildman–Crippen LogP) is 3.55. The van der Waals surface area contributed by atoms with Gasteiger partial charge in [0, 0.05) is 18.5 Å². The van der Waals surface area contributed by atoms with Crippen LogP contribution in [0.4, 0.5) is 0 Å². The maximum atomic E-state index is 12.5. The summed E-state index contributed by atoms with van der Waals surface area (Å²) >= 11 is 0. The van der Waals surface area contributed by atoms with E-state index in [0.29, 0.717) is 6.54 Å². The van der Waals surface area contributed by atoms with E-state index >= 15 is 0 Å². The third kappa shape index (κ3) is 7.14. The van der Waals surface area contributed by atoms with E-state index in [1.807, 2.05) is 6.07 Å². The van der Waals surface area contributed by atoms with E-state index in [2.05, 4.69) is 48.3 Å². The lowest BCUT2D eigenvalue weighted by Crippen LogP contribution is -2.42. The summed E-state index contributed by atoms with van der Waals surface area (Å²) in [6, 6.07) is 10.9. The number of hydrogen-bond donors (Lipinski definition) is 2. The molecule has 0 spiro atoms. The molecular weight excluding hydrogens is 357 g/mol. The Morgan fingerprint density at radius 1 is 1.20 bits per heavy atom. The minimum absolute atomic E-state index is 0. The Kier molecular flexibility index (Phi) is 12.1. The normalized spacial score (nSPS) is 21.0. The lowest BCUT2D eigenvalue weighted by molar-refractivity contribution is -0.126. The van der Waals surface area contributed by atoms with Crippen molar-refractivity contribution in [2.24, 2.45) is 11.7 Å². The van der Waals surface area contributed by atoms with Gasteiger partial charge < -0.3 is 11.1 Å². The third-order valence-electron chi connectivity index (χ3n) is 4.99. The van der Waals surface area contributed by atoms with E-state index in [4.69, 9.17) is 5.73 Å². The highest BCUT2D eigenvalue weighted by Gasteiger charge is 2.26. The molecular formula is C19H33Cl2N3O. The summed E-state index contributed by atoms with van der Waals surface area (Å²) in [4.78, 5) is 14.9. The van der Waals surface area contributed by atoms with E-state index in [9.17, 15) is 4.79 Å². The molecule has 0 aliphatic heterocycles. The molecule has 0 saturated heterocycles. The molecule has 3 unspecified atom stereocenters. The second-order valence-corrected chi connectivity index (χ2v) is 6.52. The lowest BCUT2D eigenvalue weighted by atomic mass is 9.85. The summed E-state index contributed by atoms with van der Waals surface area (Å²) < 4.78 is 0. The standard InChI is InChI=1S/C19H31N3O.2ClH/c1-3-22(4-2)18(15-9-6-5-7-10-15)14-21-19(23)16-11-8-12-17(20)13-16;;/h5-7,9-10,16-18H,3-4,8,11-14,20H2,1-2H3,(H,21,23);2*1H. The van der Waals surface area contributed by atoms with Gasteiger partial charge in [0.1, 0.15) is 0 Å². The number of rotatable bonds is 7. The molecule has 25 heavy (non-hydrogen) atoms. The van der Waals surface area contributed by atoms with E-state index in [-0.39, 0.29) is 48.7 Å². The zero-order valence-corrected chi connectivity index (χ0v) is 17.0. The van der Waals surface area contributed by atoms with Crippen LogP contribution in [0.25, 0.3) is 0 Å². The first-order valence-electron chi connectivity index (χ1n) is 8.98. The molecule has 1 fully saturated rings. The first-order chi connectivity index (χ1) is 11.2. The van der Waals surface area contributed by atoms with Crippen LogP contribution in [-0.4, -0.2) is 36.5 Å². The van der Waals surface area contributed by atoms with Crippen LogP contribution in [0.5, 0.6) is 0 Å². The van der Waals surface area contributed by atoms with Crippen LogP contribution in [0.2, 0.25) is 0 Å². The van der Waals surface area contributed by atoms with Crippen molar-refractivity contribution < 1.29 is 4.79 Å². The molecule has 1 saturated carbocycles. The van der Waals surface area contributed by atoms with Gasteiger partial charge in [-0.3, -0.25) is 9.69 Å². The Hall–Kier alpha value is -0.810. The number of nitrogens with one attached hydrogen (secondary N) is 1. The van der Waals surface area contributed by atoms with Crippen molar-refractivity contribution in [1.29, 1.82) is 0 Å². The maximum Gasteiger partial charge on any atom is 0.223 e. The van der Waals surface area contributed by atoms with Crippen LogP contribution in [0.15, 0.2) is 30.3 Å². The molecule has 0 bridgehead atoms. The van der Waals surface area contributed by atoms with Crippen molar-refractivity contribution in [2.75, 3.05) is 19.6 Å². The fraction of sp³-hybridized carbons (Fsp3) is 0.632. The van der Waals surface area contributed by atoms with Gasteiger partial charge in [-0.15, -0.1) is 24.8 Å². The highest BCUT2D eigenvalue weighted by molar-refractivity contribution is 5.85. The number of benzene rings is 1. The van der Waals surface area contributed by atoms with Crippen molar-refractivity contribution in [3.05, 3.63) is 35.9 Å². The largest absolute Gasteiger partial charge is 0.354 e. The van der Waals surface area contributed by atoms with Gasteiger partial charge in [-0.1, -0.05) is 50.6 Å². The van der Waals surface area contributed by atoms with E-state index in [1.54, 1.807) is 0 Å². The lowest BCUT2D eigenvalue weighted by Gasteiger charge is -2.31. The van der Waals surface area contributed by atoms with Crippen molar-refractivity contribution in [3.8, 4) is 0 Å². The molecule has 1 aromatic carbocycles. The Bertz CT molecular complexity index is 483. The predicted molar refractivity (Wildman–Crippen MR) is 110 cm³/mol. The minimum atomic E-state index is 0. The highest BCUT2D eigenvalue weighted by atomic mass is 35.5. The topological polar surface area (TPSA) is 58.4 Å². The molecule has 0 aromatic heterocycles. The summed E-state index contributed by atoms with van der Waals surface area (Å²) in [5.41, 5.74) is 7.27. The average Bonchev–Trinajstić information content (AvgIpc) is 2.59. The molecule has 3 atom stereocenters. The van der Waals surface area contributed by atoms with Gasteiger partial charge in [-0.25, -0.2) is 0 Å². The van der Waals surface area contributed by atoms with Crippen molar-refractivity contribution in [2.45, 2.75) is 51.6 Å². The molecule has 0 heterocycles. The van der Waals surface area contributed by atoms with E-state index in [1.165, 1.54) is 5.56 Å². The molecule has 1 aliphatic carbocycles. The molecule has 2 rings (SSSR count). The SMILES string of the molecule is CCN(CC)C(CNC(=O)C1CCCC(N)C1)c1ccccc1.Cl.Cl. The Labute approximate surface area is 164 Å². The number of nitrogens with zero attached hydrogens (tertiary/aromatic N) is 1. The number of hydrogen-bond acceptors (Lipinski definition) is 3. The van der Waals surface area contributed by atoms with Gasteiger partial charge in [-0.2, -0.15) is 0 Å². The van der Waals surface area contributed by atoms with Crippen LogP contribution in [0.3, 0.4) is 0 Å². The molecule has 144 valence electrons. The molecule has 1 aliphatic rings. The molecule has 0 radical (unpaired) electrons. The van der Waals surface area contributed by atoms with Gasteiger partial charge >= 0.3 is 0 Å². The summed E-state index contributed by atoms with van der Waals surface area (Å²) in [5.74, 6) is 0.264. The van der Waals surface area contributed by atoms with E-state index in [0.717, 1.165) is 38.8 Å². The average molecular weight is 390 g/mol. The summed E-state index contributed by atoms with van der Waals surface area (Å²) in [6.07, 6.45) is 3.92. The second kappa shape index (κ2) is 12.5. The zero-order valence-electron chi connectivity index (χ0n) is 15.3. The highest BCUT2D eigenvalue weighted by Crippen LogP contribution is 2.24. The van der Waals surface area contributed by atoms with Crippen LogP contribution >= 0.6 is 24.8 Å². The monoisotopic (exact) mass is 389 g/mol. The summed E-state index contributed by atoms with van der Waals surface area (Å²) in [7, 11) is 0. The molecule has 3 N–H and O–H groups in total. The number of nitrogens with two attached hydrogens (primary N) is 1. The van der Waals surface area contributed by atoms with Gasteiger partial charge in [0.05, 0.1) is 6.04 Å². The smallest absolute Gasteiger partial charge is 0.223 e. The number of amides is 1. The Morgan fingerprint density at radius 2 is 1.84 bits per heavy atom. The fourth-order valence-corrected chi connectivity index (χ4v) is 3.60. The number of carbonyl (C=O) groups excluding carboxylic acids is 1. The first-order valence-corrected chi connectivity index (χ1v) is 8.98. The van der Waals surface area contributed by atoms with Crippen LogP contribution in [0, 0.1) is 5.92 Å². The molecule has 6 heteroatoms. The molecule has 1 aromatic rings. The van der Waals surface area contributed by atoms with Gasteiger partial charge in [-0.05, 0) is 37.9 Å². The van der Waals surface area contributed by atoms with E-state index < -0.39 is 0 Å². The number of likely N-dealkylation sites (N-methyl/N-ethyl adjacent to an activating group) is 1. The quantitative estimate of drug-likeness (QED) is 0.749. The Morgan fingerprint density at radius 3 is 2.40 bits per heavy atom. The maximum absolute atomic E-state index is 12.5. The van der Waals surface area contributed by atoms with Crippen LogP contribution in [-0.2, 0) is 4.79 Å². The summed E-state index contributed by atoms with van der Waals surface area (Å²) in [6.45, 7) is 6.94. The second-order valence-electron chi connectivity index (χ2n) is 6.52. The van der Waals surface area contributed by atoms with Crippen LogP contribution in [0.1, 0.15) is 51.1 Å². The number of halogens is 2. The van der Waals surface area contributed by atoms with Crippen molar-refractivity contribution >= 4 is 30.7 Å². The first kappa shape index (κ1) is 24.2. The van der Waals surface area contributed by atoms with Crippen molar-refractivity contribution in [3.63, 3.8) is 0 Å². The minimum Gasteiger partial charge on any atom is -0.354 e.